The largest absolute Gasteiger partial charge is 0.480 e. The van der Waals surface area contributed by atoms with E-state index in [1.807, 2.05) is 44.2 Å². The molecule has 0 bridgehead atoms. The van der Waals surface area contributed by atoms with Gasteiger partial charge in [-0.2, -0.15) is 0 Å². The maximum atomic E-state index is 13.4. The molecule has 3 rings (SSSR count). The number of benzene rings is 1. The van der Waals surface area contributed by atoms with Crippen LogP contribution in [-0.4, -0.2) is 55.6 Å². The third-order valence-corrected chi connectivity index (χ3v) is 6.48. The number of carbonyl (C=O) groups is 3. The van der Waals surface area contributed by atoms with Gasteiger partial charge >= 0.3 is 5.97 Å². The first-order chi connectivity index (χ1) is 13.8. The number of thiocarbonyl (C=S) groups is 1. The van der Waals surface area contributed by atoms with Gasteiger partial charge in [-0.15, -0.1) is 0 Å². The van der Waals surface area contributed by atoms with Crippen molar-refractivity contribution in [3.05, 3.63) is 40.8 Å². The SMILES string of the molecule is CC(C)C(C(=O)N1CCCCC1C(=O)O)N1C(=O)C(=Cc2ccccc2)SC1=S. The molecule has 0 radical (unpaired) electrons. The Labute approximate surface area is 179 Å². The van der Waals surface area contributed by atoms with E-state index in [4.69, 9.17) is 12.2 Å². The second-order valence-electron chi connectivity index (χ2n) is 7.53. The van der Waals surface area contributed by atoms with Gasteiger partial charge in [-0.05, 0) is 36.8 Å². The molecule has 2 amide bonds. The second kappa shape index (κ2) is 9.09. The van der Waals surface area contributed by atoms with Gasteiger partial charge in [-0.3, -0.25) is 14.5 Å². The van der Waals surface area contributed by atoms with Gasteiger partial charge in [0.25, 0.3) is 5.91 Å². The van der Waals surface area contributed by atoms with Gasteiger partial charge in [0, 0.05) is 6.54 Å². The Balaban J connectivity index is 1.89. The molecular weight excluding hydrogens is 408 g/mol. The van der Waals surface area contributed by atoms with Crippen molar-refractivity contribution in [1.29, 1.82) is 0 Å². The molecule has 154 valence electrons. The van der Waals surface area contributed by atoms with Crippen LogP contribution in [0.1, 0.15) is 38.7 Å². The molecule has 1 aromatic carbocycles. The smallest absolute Gasteiger partial charge is 0.326 e. The molecule has 6 nitrogen and oxygen atoms in total. The fourth-order valence-electron chi connectivity index (χ4n) is 3.74. The first kappa shape index (κ1) is 21.5. The summed E-state index contributed by atoms with van der Waals surface area (Å²) in [5.41, 5.74) is 0.877. The number of nitrogens with zero attached hydrogens (tertiary/aromatic N) is 2. The Morgan fingerprint density at radius 2 is 1.93 bits per heavy atom. The topological polar surface area (TPSA) is 77.9 Å². The zero-order valence-electron chi connectivity index (χ0n) is 16.4. The molecule has 8 heteroatoms. The molecule has 2 aliphatic rings. The summed E-state index contributed by atoms with van der Waals surface area (Å²) in [5, 5.41) is 9.54. The highest BCUT2D eigenvalue weighted by Crippen LogP contribution is 2.36. The number of rotatable bonds is 5. The Morgan fingerprint density at radius 1 is 1.24 bits per heavy atom. The van der Waals surface area contributed by atoms with Gasteiger partial charge in [0.1, 0.15) is 16.4 Å². The van der Waals surface area contributed by atoms with Crippen molar-refractivity contribution in [2.24, 2.45) is 5.92 Å². The van der Waals surface area contributed by atoms with E-state index in [9.17, 15) is 19.5 Å². The lowest BCUT2D eigenvalue weighted by Gasteiger charge is -2.38. The molecule has 2 aliphatic heterocycles. The van der Waals surface area contributed by atoms with Crippen molar-refractivity contribution in [3.8, 4) is 0 Å². The average Bonchev–Trinajstić information content (AvgIpc) is 2.96. The highest BCUT2D eigenvalue weighted by Gasteiger charge is 2.45. The number of carbonyl (C=O) groups excluding carboxylic acids is 2. The molecule has 1 aromatic rings. The molecule has 1 N–H and O–H groups in total. The first-order valence-electron chi connectivity index (χ1n) is 9.66. The van der Waals surface area contributed by atoms with Crippen molar-refractivity contribution in [3.63, 3.8) is 0 Å². The molecular formula is C21H24N2O4S2. The molecule has 2 fully saturated rings. The third kappa shape index (κ3) is 4.53. The predicted octanol–water partition coefficient (Wildman–Crippen LogP) is 3.38. The van der Waals surface area contributed by atoms with Crippen molar-refractivity contribution >= 4 is 52.2 Å². The van der Waals surface area contributed by atoms with Crippen molar-refractivity contribution in [1.82, 2.24) is 9.80 Å². The van der Waals surface area contributed by atoms with Gasteiger partial charge in [0.05, 0.1) is 4.91 Å². The summed E-state index contributed by atoms with van der Waals surface area (Å²) in [6.07, 6.45) is 3.72. The van der Waals surface area contributed by atoms with E-state index >= 15 is 0 Å². The van der Waals surface area contributed by atoms with Crippen LogP contribution in [0.15, 0.2) is 35.2 Å². The zero-order chi connectivity index (χ0) is 21.1. The Morgan fingerprint density at radius 3 is 2.55 bits per heavy atom. The predicted molar refractivity (Wildman–Crippen MR) is 117 cm³/mol. The zero-order valence-corrected chi connectivity index (χ0v) is 18.0. The van der Waals surface area contributed by atoms with Crippen LogP contribution in [0.4, 0.5) is 0 Å². The van der Waals surface area contributed by atoms with Gasteiger partial charge in [-0.25, -0.2) is 4.79 Å². The summed E-state index contributed by atoms with van der Waals surface area (Å²) in [7, 11) is 0. The first-order valence-corrected chi connectivity index (χ1v) is 10.9. The van der Waals surface area contributed by atoms with Crippen LogP contribution in [0.3, 0.4) is 0 Å². The van der Waals surface area contributed by atoms with E-state index in [0.29, 0.717) is 22.2 Å². The fourth-order valence-corrected chi connectivity index (χ4v) is 5.07. The van der Waals surface area contributed by atoms with E-state index < -0.39 is 18.1 Å². The van der Waals surface area contributed by atoms with E-state index in [1.165, 1.54) is 21.6 Å². The highest BCUT2D eigenvalue weighted by molar-refractivity contribution is 8.26. The minimum Gasteiger partial charge on any atom is -0.480 e. The molecule has 2 heterocycles. The summed E-state index contributed by atoms with van der Waals surface area (Å²) < 4.78 is 0.327. The minimum atomic E-state index is -1.00. The number of hydrogen-bond acceptors (Lipinski definition) is 5. The number of aliphatic carboxylic acids is 1. The van der Waals surface area contributed by atoms with E-state index in [-0.39, 0.29) is 17.7 Å². The number of carboxylic acid groups (broad SMARTS) is 1. The summed E-state index contributed by atoms with van der Waals surface area (Å²) in [4.78, 5) is 41.4. The van der Waals surface area contributed by atoms with E-state index in [2.05, 4.69) is 0 Å². The van der Waals surface area contributed by atoms with Gasteiger partial charge in [0.15, 0.2) is 0 Å². The number of amides is 2. The fraction of sp³-hybridized carbons (Fsp3) is 0.429. The number of piperidine rings is 1. The number of carboxylic acids is 1. The lowest BCUT2D eigenvalue weighted by atomic mass is 9.96. The van der Waals surface area contributed by atoms with Crippen LogP contribution < -0.4 is 0 Å². The van der Waals surface area contributed by atoms with Crippen molar-refractivity contribution in [2.45, 2.75) is 45.2 Å². The van der Waals surface area contributed by atoms with Crippen LogP contribution in [-0.2, 0) is 14.4 Å². The molecule has 2 unspecified atom stereocenters. The molecule has 2 saturated heterocycles. The van der Waals surface area contributed by atoms with Gasteiger partial charge in [-0.1, -0.05) is 68.2 Å². The third-order valence-electron chi connectivity index (χ3n) is 5.15. The van der Waals surface area contributed by atoms with Crippen LogP contribution in [0.25, 0.3) is 6.08 Å². The highest BCUT2D eigenvalue weighted by atomic mass is 32.2. The Hall–Kier alpha value is -2.19. The van der Waals surface area contributed by atoms with E-state index in [0.717, 1.165) is 18.4 Å². The lowest BCUT2D eigenvalue weighted by molar-refractivity contribution is -0.155. The normalized spacial score (nSPS) is 22.4. The summed E-state index contributed by atoms with van der Waals surface area (Å²) >= 11 is 6.62. The van der Waals surface area contributed by atoms with Crippen LogP contribution in [0.2, 0.25) is 0 Å². The molecule has 29 heavy (non-hydrogen) atoms. The maximum Gasteiger partial charge on any atom is 0.326 e. The molecule has 0 saturated carbocycles. The number of thioether (sulfide) groups is 1. The van der Waals surface area contributed by atoms with Crippen LogP contribution in [0.5, 0.6) is 0 Å². The van der Waals surface area contributed by atoms with Crippen LogP contribution in [0, 0.1) is 5.92 Å². The maximum absolute atomic E-state index is 13.4. The minimum absolute atomic E-state index is 0.211. The van der Waals surface area contributed by atoms with Crippen molar-refractivity contribution in [2.75, 3.05) is 6.54 Å². The number of hydrogen-bond donors (Lipinski definition) is 1. The molecule has 0 spiro atoms. The Bertz CT molecular complexity index is 853. The quantitative estimate of drug-likeness (QED) is 0.568. The van der Waals surface area contributed by atoms with E-state index in [1.54, 1.807) is 6.08 Å². The van der Waals surface area contributed by atoms with Gasteiger partial charge < -0.3 is 10.0 Å². The molecule has 0 aromatic heterocycles. The Kier molecular flexibility index (Phi) is 6.74. The summed E-state index contributed by atoms with van der Waals surface area (Å²) in [6.45, 7) is 4.08. The van der Waals surface area contributed by atoms with Gasteiger partial charge in [0.2, 0.25) is 5.91 Å². The van der Waals surface area contributed by atoms with Crippen LogP contribution >= 0.6 is 24.0 Å². The molecule has 0 aliphatic carbocycles. The molecule has 2 atom stereocenters. The average molecular weight is 433 g/mol. The second-order valence-corrected chi connectivity index (χ2v) is 9.21. The van der Waals surface area contributed by atoms with Crippen molar-refractivity contribution < 1.29 is 19.5 Å². The summed E-state index contributed by atoms with van der Waals surface area (Å²) in [6, 6.07) is 7.78. The monoisotopic (exact) mass is 432 g/mol. The number of likely N-dealkylation sites (tertiary alicyclic amines) is 1. The standard InChI is InChI=1S/C21H24N2O4S2/c1-13(2)17(19(25)22-11-7-6-10-15(22)20(26)27)23-18(24)16(29-21(23)28)12-14-8-4-3-5-9-14/h3-5,8-9,12-13,15,17H,6-7,10-11H2,1-2H3,(H,26,27). The summed E-state index contributed by atoms with van der Waals surface area (Å²) in [5.74, 6) is -1.86. The lowest BCUT2D eigenvalue weighted by Crippen LogP contribution is -2.57.